The maximum absolute atomic E-state index is 12.3. The number of hydrogen-bond donors (Lipinski definition) is 2. The van der Waals surface area contributed by atoms with Crippen molar-refractivity contribution in [3.05, 3.63) is 22.2 Å². The number of anilines is 1. The zero-order valence-electron chi connectivity index (χ0n) is 11.2. The summed E-state index contributed by atoms with van der Waals surface area (Å²) in [6.07, 6.45) is 4.22. The van der Waals surface area contributed by atoms with Crippen LogP contribution in [0, 0.1) is 5.41 Å². The van der Waals surface area contributed by atoms with E-state index >= 15 is 0 Å². The molecule has 7 heteroatoms. The molecular weight excluding hydrogens is 319 g/mol. The van der Waals surface area contributed by atoms with Gasteiger partial charge in [-0.15, -0.1) is 0 Å². The van der Waals surface area contributed by atoms with E-state index in [2.05, 4.69) is 11.6 Å². The van der Waals surface area contributed by atoms with Crippen LogP contribution in [-0.2, 0) is 10.0 Å². The van der Waals surface area contributed by atoms with Crippen LogP contribution in [0.2, 0.25) is 10.0 Å². The standard InChI is InChI=1S/C13H18Cl2N2O2S/c1-2-5-13(6-7-13)8-17-20(18,19)10-4-3-9(14)12(16)11(10)15/h3-4,17H,2,5-8,16H2,1H3. The molecule has 20 heavy (non-hydrogen) atoms. The molecule has 4 nitrogen and oxygen atoms in total. The molecule has 0 heterocycles. The molecule has 0 spiro atoms. The zero-order valence-corrected chi connectivity index (χ0v) is 13.6. The maximum atomic E-state index is 12.3. The van der Waals surface area contributed by atoms with E-state index in [1.807, 2.05) is 0 Å². The quantitative estimate of drug-likeness (QED) is 0.781. The first kappa shape index (κ1) is 15.9. The minimum atomic E-state index is -3.66. The average Bonchev–Trinajstić information content (AvgIpc) is 3.14. The third kappa shape index (κ3) is 3.22. The summed E-state index contributed by atoms with van der Waals surface area (Å²) in [5.74, 6) is 0. The molecule has 1 aliphatic rings. The Kier molecular flexibility index (Phi) is 4.54. The first-order valence-corrected chi connectivity index (χ1v) is 8.78. The molecule has 3 N–H and O–H groups in total. The van der Waals surface area contributed by atoms with Crippen LogP contribution in [0.25, 0.3) is 0 Å². The number of sulfonamides is 1. The van der Waals surface area contributed by atoms with Crippen molar-refractivity contribution in [1.82, 2.24) is 4.72 Å². The number of hydrogen-bond acceptors (Lipinski definition) is 3. The van der Waals surface area contributed by atoms with Gasteiger partial charge in [-0.2, -0.15) is 0 Å². The van der Waals surface area contributed by atoms with Crippen LogP contribution in [0.5, 0.6) is 0 Å². The molecule has 2 rings (SSSR count). The Labute approximate surface area is 129 Å². The van der Waals surface area contributed by atoms with E-state index in [-0.39, 0.29) is 26.0 Å². The molecule has 1 aromatic rings. The Morgan fingerprint density at radius 3 is 2.55 bits per heavy atom. The first-order chi connectivity index (χ1) is 9.31. The van der Waals surface area contributed by atoms with Gasteiger partial charge in [0.25, 0.3) is 0 Å². The fraction of sp³-hybridized carbons (Fsp3) is 0.538. The van der Waals surface area contributed by atoms with Gasteiger partial charge in [-0.1, -0.05) is 36.5 Å². The Hall–Kier alpha value is -0.490. The summed E-state index contributed by atoms with van der Waals surface area (Å²) >= 11 is 11.8. The number of rotatable bonds is 6. The van der Waals surface area contributed by atoms with Crippen molar-refractivity contribution in [3.8, 4) is 0 Å². The molecule has 1 saturated carbocycles. The average molecular weight is 337 g/mol. The van der Waals surface area contributed by atoms with E-state index in [0.29, 0.717) is 6.54 Å². The topological polar surface area (TPSA) is 72.2 Å². The van der Waals surface area contributed by atoms with E-state index in [1.165, 1.54) is 12.1 Å². The van der Waals surface area contributed by atoms with Crippen molar-refractivity contribution in [2.75, 3.05) is 12.3 Å². The van der Waals surface area contributed by atoms with Gasteiger partial charge in [-0.3, -0.25) is 0 Å². The minimum Gasteiger partial charge on any atom is -0.396 e. The summed E-state index contributed by atoms with van der Waals surface area (Å²) in [5, 5.41) is 0.226. The van der Waals surface area contributed by atoms with Crippen LogP contribution in [0.15, 0.2) is 17.0 Å². The van der Waals surface area contributed by atoms with Gasteiger partial charge in [0.05, 0.1) is 15.7 Å². The lowest BCUT2D eigenvalue weighted by Crippen LogP contribution is -2.30. The molecule has 1 aromatic carbocycles. The van der Waals surface area contributed by atoms with Crippen LogP contribution in [-0.4, -0.2) is 15.0 Å². The van der Waals surface area contributed by atoms with E-state index in [0.717, 1.165) is 25.7 Å². The highest BCUT2D eigenvalue weighted by atomic mass is 35.5. The van der Waals surface area contributed by atoms with E-state index in [9.17, 15) is 8.42 Å². The van der Waals surface area contributed by atoms with Gasteiger partial charge in [0.1, 0.15) is 4.90 Å². The smallest absolute Gasteiger partial charge is 0.242 e. The molecule has 0 radical (unpaired) electrons. The van der Waals surface area contributed by atoms with Crippen LogP contribution in [0.1, 0.15) is 32.6 Å². The summed E-state index contributed by atoms with van der Waals surface area (Å²) in [5.41, 5.74) is 5.89. The summed E-state index contributed by atoms with van der Waals surface area (Å²) in [4.78, 5) is -0.0200. The largest absolute Gasteiger partial charge is 0.396 e. The molecule has 1 aliphatic carbocycles. The number of benzene rings is 1. The molecule has 0 bridgehead atoms. The van der Waals surface area contributed by atoms with Crippen molar-refractivity contribution in [2.24, 2.45) is 5.41 Å². The maximum Gasteiger partial charge on any atom is 0.242 e. The SMILES string of the molecule is CCCC1(CNS(=O)(=O)c2ccc(Cl)c(N)c2Cl)CC1. The molecule has 112 valence electrons. The van der Waals surface area contributed by atoms with Crippen LogP contribution in [0.4, 0.5) is 5.69 Å². The number of nitrogens with one attached hydrogen (secondary N) is 1. The second-order valence-electron chi connectivity index (χ2n) is 5.35. The van der Waals surface area contributed by atoms with Gasteiger partial charge in [-0.25, -0.2) is 13.1 Å². The normalized spacial score (nSPS) is 17.1. The van der Waals surface area contributed by atoms with E-state index < -0.39 is 10.0 Å². The van der Waals surface area contributed by atoms with Gasteiger partial charge < -0.3 is 5.73 Å². The molecular formula is C13H18Cl2N2O2S. The molecule has 0 saturated heterocycles. The lowest BCUT2D eigenvalue weighted by molar-refractivity contribution is 0.449. The Morgan fingerprint density at radius 1 is 1.35 bits per heavy atom. The van der Waals surface area contributed by atoms with Crippen LogP contribution < -0.4 is 10.5 Å². The molecule has 0 aromatic heterocycles. The van der Waals surface area contributed by atoms with Gasteiger partial charge in [0, 0.05) is 6.54 Å². The summed E-state index contributed by atoms with van der Waals surface area (Å²) in [6.45, 7) is 2.55. The zero-order chi connectivity index (χ0) is 15.0. The highest BCUT2D eigenvalue weighted by molar-refractivity contribution is 7.89. The van der Waals surface area contributed by atoms with Crippen molar-refractivity contribution in [3.63, 3.8) is 0 Å². The van der Waals surface area contributed by atoms with Crippen LogP contribution in [0.3, 0.4) is 0 Å². The highest BCUT2D eigenvalue weighted by Gasteiger charge is 2.42. The van der Waals surface area contributed by atoms with E-state index in [1.54, 1.807) is 0 Å². The van der Waals surface area contributed by atoms with Gasteiger partial charge in [0.2, 0.25) is 10.0 Å². The van der Waals surface area contributed by atoms with Crippen molar-refractivity contribution < 1.29 is 8.42 Å². The second-order valence-corrected chi connectivity index (χ2v) is 7.87. The van der Waals surface area contributed by atoms with Gasteiger partial charge >= 0.3 is 0 Å². The van der Waals surface area contributed by atoms with Crippen molar-refractivity contribution in [2.45, 2.75) is 37.5 Å². The summed E-state index contributed by atoms with van der Waals surface area (Å²) < 4.78 is 27.2. The number of halogens is 2. The monoisotopic (exact) mass is 336 g/mol. The van der Waals surface area contributed by atoms with Gasteiger partial charge in [-0.05, 0) is 36.8 Å². The molecule has 0 unspecified atom stereocenters. The van der Waals surface area contributed by atoms with Gasteiger partial charge in [0.15, 0.2) is 0 Å². The fourth-order valence-corrected chi connectivity index (χ4v) is 4.23. The summed E-state index contributed by atoms with van der Waals surface area (Å²) in [6, 6.07) is 2.82. The Balaban J connectivity index is 2.17. The fourth-order valence-electron chi connectivity index (χ4n) is 2.31. The third-order valence-electron chi connectivity index (χ3n) is 3.76. The predicted octanol–water partition coefficient (Wildman–Crippen LogP) is 3.43. The summed E-state index contributed by atoms with van der Waals surface area (Å²) in [7, 11) is -3.66. The number of nitrogen functional groups attached to an aromatic ring is 1. The lowest BCUT2D eigenvalue weighted by Gasteiger charge is -2.16. The van der Waals surface area contributed by atoms with Crippen LogP contribution >= 0.6 is 23.2 Å². The minimum absolute atomic E-state index is 0.0200. The number of nitrogens with two attached hydrogens (primary N) is 1. The van der Waals surface area contributed by atoms with E-state index in [4.69, 9.17) is 28.9 Å². The second kappa shape index (κ2) is 5.72. The molecule has 1 fully saturated rings. The Bertz CT molecular complexity index is 613. The highest BCUT2D eigenvalue weighted by Crippen LogP contribution is 2.49. The molecule has 0 atom stereocenters. The molecule has 0 amide bonds. The first-order valence-electron chi connectivity index (χ1n) is 6.54. The third-order valence-corrected chi connectivity index (χ3v) is 6.05. The Morgan fingerprint density at radius 2 is 2.00 bits per heavy atom. The van der Waals surface area contributed by atoms with Crippen molar-refractivity contribution in [1.29, 1.82) is 0 Å². The molecule has 0 aliphatic heterocycles. The van der Waals surface area contributed by atoms with Crippen molar-refractivity contribution >= 4 is 38.9 Å². The predicted molar refractivity (Wildman–Crippen MR) is 82.6 cm³/mol. The lowest BCUT2D eigenvalue weighted by atomic mass is 10.0.